The number of methoxy groups -OCH3 is 1. The molecule has 4 amide bonds. The number of pyridine rings is 1. The van der Waals surface area contributed by atoms with Gasteiger partial charge in [-0.1, -0.05) is 19.9 Å². The first-order valence-corrected chi connectivity index (χ1v) is 20.5. The van der Waals surface area contributed by atoms with Crippen molar-refractivity contribution in [3.05, 3.63) is 58.7 Å². The van der Waals surface area contributed by atoms with Gasteiger partial charge in [-0.25, -0.2) is 24.0 Å². The number of hydrogen-bond donors (Lipinski definition) is 4. The first kappa shape index (κ1) is 40.9. The van der Waals surface area contributed by atoms with E-state index in [0.29, 0.717) is 96.4 Å². The van der Waals surface area contributed by atoms with Crippen molar-refractivity contribution in [2.45, 2.75) is 51.6 Å². The molecule has 4 atom stereocenters. The Kier molecular flexibility index (Phi) is 10.5. The molecule has 7 heterocycles. The van der Waals surface area contributed by atoms with Gasteiger partial charge in [-0.2, -0.15) is 20.7 Å². The Morgan fingerprint density at radius 2 is 1.25 bits per heavy atom. The lowest BCUT2D eigenvalue weighted by molar-refractivity contribution is -0.134. The van der Waals surface area contributed by atoms with Crippen molar-refractivity contribution >= 4 is 62.2 Å². The lowest BCUT2D eigenvalue weighted by Crippen LogP contribution is -2.36. The molecule has 0 aromatic carbocycles. The Balaban J connectivity index is 0.000000173. The number of aromatic nitrogens is 7. The number of nitrogens with zero attached hydrogens (tertiary/aromatic N) is 11. The van der Waals surface area contributed by atoms with Crippen LogP contribution in [-0.2, 0) is 9.59 Å². The zero-order chi connectivity index (χ0) is 43.4. The zero-order valence-corrected chi connectivity index (χ0v) is 35.1. The Bertz CT molecular complexity index is 2690. The molecule has 4 fully saturated rings. The van der Waals surface area contributed by atoms with Gasteiger partial charge < -0.3 is 36.6 Å². The molecule has 20 nitrogen and oxygen atoms in total. The summed E-state index contributed by atoms with van der Waals surface area (Å²) in [6.45, 7) is 6.02. The number of ether oxygens (including phenoxy) is 1. The third kappa shape index (κ3) is 7.61. The minimum absolute atomic E-state index is 0.0851. The van der Waals surface area contributed by atoms with Gasteiger partial charge in [-0.15, -0.1) is 0 Å². The molecule has 2 saturated carbocycles. The van der Waals surface area contributed by atoms with E-state index in [-0.39, 0.29) is 46.9 Å². The van der Waals surface area contributed by atoms with E-state index in [1.165, 1.54) is 19.5 Å². The molecular weight excluding hydrogens is 850 g/mol. The molecule has 21 heteroatoms. The van der Waals surface area contributed by atoms with Gasteiger partial charge in [0.1, 0.15) is 21.1 Å². The minimum Gasteiger partial charge on any atom is -0.481 e. The number of fused-ring (bicyclic) bond motifs is 2. The fourth-order valence-electron chi connectivity index (χ4n) is 7.91. The topological polar surface area (TPSA) is 281 Å². The number of carbonyl (C=O) groups is 4. The average Bonchev–Trinajstić information content (AvgIpc) is 4.04. The van der Waals surface area contributed by atoms with E-state index in [2.05, 4.69) is 63.9 Å². The van der Waals surface area contributed by atoms with Crippen LogP contribution in [0.3, 0.4) is 0 Å². The molecule has 2 saturated heterocycles. The van der Waals surface area contributed by atoms with Crippen LogP contribution < -0.4 is 26.8 Å². The second kappa shape index (κ2) is 15.6. The molecule has 314 valence electrons. The lowest BCUT2D eigenvalue weighted by Gasteiger charge is -2.21. The molecule has 6 N–H and O–H groups in total. The fourth-order valence-corrected chi connectivity index (χ4v) is 8.27. The Labute approximate surface area is 357 Å². The van der Waals surface area contributed by atoms with Crippen LogP contribution in [0, 0.1) is 45.3 Å². The standard InChI is InChI=1S/C23H24N8O3.C17H18BrN7O2/c1-13-9-30(22(33)23(12-24)6-7-23)10-16(13)28-19-14(20(25)32)8-26-31-11-17(29-21(19)31)15-4-3-5-18(27-15)34-2;1-9-5-24(16(27)17(8-19)2-3-17)6-11(9)22-13-10(14(20)26)4-21-25-7-12(18)23-15(13)25/h3-5,8,11,13,16,28H,6-7,9-10H2,1-2H3,(H2,25,32);4,7,9,11,22H,2-3,5-6H2,1H3,(H2,20,26)/t13-,16+;9-,11+/m00/s1. The third-order valence-corrected chi connectivity index (χ3v) is 12.3. The van der Waals surface area contributed by atoms with Gasteiger partial charge in [-0.05, 0) is 59.5 Å². The van der Waals surface area contributed by atoms with E-state index in [4.69, 9.17) is 16.2 Å². The number of carbonyl (C=O) groups excluding carboxylic acids is 4. The number of anilines is 2. The van der Waals surface area contributed by atoms with Crippen molar-refractivity contribution in [1.29, 1.82) is 10.5 Å². The predicted octanol–water partition coefficient (Wildman–Crippen LogP) is 2.61. The quantitative estimate of drug-likeness (QED) is 0.157. The summed E-state index contributed by atoms with van der Waals surface area (Å²) >= 11 is 3.31. The minimum atomic E-state index is -0.862. The highest BCUT2D eigenvalue weighted by Crippen LogP contribution is 2.48. The maximum atomic E-state index is 12.9. The van der Waals surface area contributed by atoms with Gasteiger partial charge in [0.05, 0.1) is 72.2 Å². The van der Waals surface area contributed by atoms with Crippen molar-refractivity contribution in [3.8, 4) is 29.4 Å². The van der Waals surface area contributed by atoms with Gasteiger partial charge in [0.15, 0.2) is 11.3 Å². The van der Waals surface area contributed by atoms with Crippen LogP contribution in [-0.4, -0.2) is 113 Å². The second-order valence-electron chi connectivity index (χ2n) is 16.2. The Morgan fingerprint density at radius 3 is 1.70 bits per heavy atom. The molecule has 61 heavy (non-hydrogen) atoms. The van der Waals surface area contributed by atoms with Gasteiger partial charge >= 0.3 is 0 Å². The molecule has 2 aliphatic heterocycles. The largest absolute Gasteiger partial charge is 0.481 e. The normalized spacial score (nSPS) is 21.8. The highest BCUT2D eigenvalue weighted by atomic mass is 79.9. The summed E-state index contributed by atoms with van der Waals surface area (Å²) < 4.78 is 8.90. The number of imidazole rings is 2. The number of nitriles is 2. The number of nitrogens with two attached hydrogens (primary N) is 2. The summed E-state index contributed by atoms with van der Waals surface area (Å²) in [4.78, 5) is 66.5. The first-order chi connectivity index (χ1) is 29.2. The van der Waals surface area contributed by atoms with Crippen LogP contribution in [0.25, 0.3) is 22.7 Å². The van der Waals surface area contributed by atoms with Crippen molar-refractivity contribution < 1.29 is 23.9 Å². The highest BCUT2D eigenvalue weighted by Gasteiger charge is 2.55. The summed E-state index contributed by atoms with van der Waals surface area (Å²) in [6.07, 6.45) is 8.68. The number of halogens is 1. The predicted molar refractivity (Wildman–Crippen MR) is 221 cm³/mol. The van der Waals surface area contributed by atoms with Crippen LogP contribution in [0.4, 0.5) is 11.4 Å². The molecule has 0 bridgehead atoms. The number of rotatable bonds is 10. The first-order valence-electron chi connectivity index (χ1n) is 19.7. The Hall–Kier alpha value is -6.87. The summed E-state index contributed by atoms with van der Waals surface area (Å²) in [5.74, 6) is -0.784. The maximum Gasteiger partial charge on any atom is 0.252 e. The number of amides is 4. The number of primary amides is 2. The van der Waals surface area contributed by atoms with Gasteiger partial charge in [-0.3, -0.25) is 19.2 Å². The molecule has 0 unspecified atom stereocenters. The van der Waals surface area contributed by atoms with Crippen LogP contribution in [0.1, 0.15) is 60.2 Å². The van der Waals surface area contributed by atoms with Crippen molar-refractivity contribution in [1.82, 2.24) is 44.0 Å². The number of likely N-dealkylation sites (tertiary alicyclic amines) is 2. The monoisotopic (exact) mass is 891 g/mol. The van der Waals surface area contributed by atoms with Gasteiger partial charge in [0.2, 0.25) is 17.7 Å². The van der Waals surface area contributed by atoms with E-state index in [9.17, 15) is 29.7 Å². The molecule has 4 aliphatic rings. The van der Waals surface area contributed by atoms with Gasteiger partial charge in [0, 0.05) is 44.3 Å². The van der Waals surface area contributed by atoms with E-state index in [1.807, 2.05) is 19.9 Å². The highest BCUT2D eigenvalue weighted by molar-refractivity contribution is 9.10. The molecule has 5 aromatic rings. The van der Waals surface area contributed by atoms with Crippen LogP contribution >= 0.6 is 15.9 Å². The second-order valence-corrected chi connectivity index (χ2v) is 17.0. The van der Waals surface area contributed by atoms with E-state index < -0.39 is 22.6 Å². The van der Waals surface area contributed by atoms with Crippen molar-refractivity contribution in [2.24, 2.45) is 34.1 Å². The van der Waals surface area contributed by atoms with E-state index in [1.54, 1.807) is 43.4 Å². The summed E-state index contributed by atoms with van der Waals surface area (Å²) in [5.41, 5.74) is 12.9. The maximum absolute atomic E-state index is 12.9. The Morgan fingerprint density at radius 1 is 0.754 bits per heavy atom. The summed E-state index contributed by atoms with van der Waals surface area (Å²) in [5, 5.41) is 33.9. The third-order valence-electron chi connectivity index (χ3n) is 11.9. The summed E-state index contributed by atoms with van der Waals surface area (Å²) in [7, 11) is 1.54. The molecule has 9 rings (SSSR count). The van der Waals surface area contributed by atoms with Crippen LogP contribution in [0.15, 0.2) is 47.6 Å². The zero-order valence-electron chi connectivity index (χ0n) is 33.5. The lowest BCUT2D eigenvalue weighted by atomic mass is 10.1. The number of hydrogen-bond acceptors (Lipinski definition) is 14. The molecular formula is C40H42BrN15O5. The smallest absolute Gasteiger partial charge is 0.252 e. The van der Waals surface area contributed by atoms with Crippen molar-refractivity contribution in [2.75, 3.05) is 43.9 Å². The van der Waals surface area contributed by atoms with Crippen LogP contribution in [0.5, 0.6) is 5.88 Å². The number of nitrogens with one attached hydrogen (secondary N) is 2. The fraction of sp³-hybridized carbons (Fsp3) is 0.425. The van der Waals surface area contributed by atoms with Gasteiger partial charge in [0.25, 0.3) is 11.8 Å². The molecule has 5 aromatic heterocycles. The molecule has 2 aliphatic carbocycles. The van der Waals surface area contributed by atoms with Crippen molar-refractivity contribution in [3.63, 3.8) is 0 Å². The van der Waals surface area contributed by atoms with E-state index in [0.717, 1.165) is 0 Å². The van der Waals surface area contributed by atoms with Crippen LogP contribution in [0.2, 0.25) is 0 Å². The summed E-state index contributed by atoms with van der Waals surface area (Å²) in [6, 6.07) is 9.44. The average molecular weight is 893 g/mol. The van der Waals surface area contributed by atoms with E-state index >= 15 is 0 Å². The molecule has 0 radical (unpaired) electrons. The molecule has 0 spiro atoms. The SMILES string of the molecule is COc1cccc(-c2cn3ncc(C(N)=O)c(N[C@@H]4CN(C(=O)C5(C#N)CC5)C[C@@H]4C)c3n2)n1.C[C@H]1CN(C(=O)C2(C#N)CC2)C[C@H]1Nc1c(C(N)=O)cnn2cc(Br)nc12.